The first-order chi connectivity index (χ1) is 17.2. The van der Waals surface area contributed by atoms with Gasteiger partial charge >= 0.3 is 6.03 Å². The Morgan fingerprint density at radius 1 is 0.972 bits per heavy atom. The molecule has 1 heterocycles. The van der Waals surface area contributed by atoms with Gasteiger partial charge in [0.05, 0.1) is 5.69 Å². The first-order valence-corrected chi connectivity index (χ1v) is 11.0. The topological polar surface area (TPSA) is 105 Å². The monoisotopic (exact) mass is 487 g/mol. The number of hydrogen-bond donors (Lipinski definition) is 2. The smallest absolute Gasteiger partial charge is 0.335 e. The van der Waals surface area contributed by atoms with Crippen molar-refractivity contribution in [2.24, 2.45) is 0 Å². The molecule has 0 unspecified atom stereocenters. The second-order valence-corrected chi connectivity index (χ2v) is 8.14. The number of aryl methyl sites for hydroxylation is 2. The molecule has 0 aromatic heterocycles. The van der Waals surface area contributed by atoms with Gasteiger partial charge in [-0.15, -0.1) is 0 Å². The van der Waals surface area contributed by atoms with Gasteiger partial charge < -0.3 is 10.1 Å². The predicted octanol–water partition coefficient (Wildman–Crippen LogP) is 4.13. The maximum atomic E-state index is 13.0. The van der Waals surface area contributed by atoms with E-state index in [1.807, 2.05) is 13.8 Å². The molecular formula is C27H22FN3O5. The number of rotatable bonds is 6. The van der Waals surface area contributed by atoms with Crippen LogP contribution < -0.4 is 20.3 Å². The molecule has 1 aliphatic rings. The minimum Gasteiger partial charge on any atom is -0.484 e. The molecule has 1 aliphatic heterocycles. The Bertz CT molecular complexity index is 1380. The highest BCUT2D eigenvalue weighted by Gasteiger charge is 2.36. The minimum atomic E-state index is -0.812. The molecule has 0 saturated carbocycles. The molecule has 9 heteroatoms. The van der Waals surface area contributed by atoms with Crippen LogP contribution in [0.4, 0.5) is 20.6 Å². The van der Waals surface area contributed by atoms with Gasteiger partial charge in [-0.3, -0.25) is 19.7 Å². The summed E-state index contributed by atoms with van der Waals surface area (Å²) in [5.74, 6) is -1.96. The molecule has 4 rings (SSSR count). The number of urea groups is 1. The van der Waals surface area contributed by atoms with Gasteiger partial charge in [-0.1, -0.05) is 18.2 Å². The molecule has 0 atom stereocenters. The van der Waals surface area contributed by atoms with Crippen LogP contribution in [0.3, 0.4) is 0 Å². The van der Waals surface area contributed by atoms with Crippen LogP contribution in [0, 0.1) is 19.7 Å². The predicted molar refractivity (Wildman–Crippen MR) is 132 cm³/mol. The van der Waals surface area contributed by atoms with Crippen molar-refractivity contribution in [1.82, 2.24) is 5.32 Å². The Hall–Kier alpha value is -4.79. The second-order valence-electron chi connectivity index (χ2n) is 8.14. The number of amides is 5. The molecule has 36 heavy (non-hydrogen) atoms. The van der Waals surface area contributed by atoms with Crippen molar-refractivity contribution in [3.05, 3.63) is 94.8 Å². The SMILES string of the molecule is Cc1ccc(N2C(=O)NC(=O)/C(=C/c3ccc(OCC(=O)Nc4ccc(F)cc4)cc3)C2=O)cc1C. The Morgan fingerprint density at radius 3 is 2.33 bits per heavy atom. The lowest BCUT2D eigenvalue weighted by Gasteiger charge is -2.26. The Labute approximate surface area is 206 Å². The zero-order valence-electron chi connectivity index (χ0n) is 19.5. The van der Waals surface area contributed by atoms with E-state index in [9.17, 15) is 23.6 Å². The lowest BCUT2D eigenvalue weighted by Crippen LogP contribution is -2.54. The molecule has 0 radical (unpaired) electrons. The van der Waals surface area contributed by atoms with Crippen LogP contribution in [0.5, 0.6) is 5.75 Å². The third-order valence-corrected chi connectivity index (χ3v) is 5.54. The van der Waals surface area contributed by atoms with Crippen molar-refractivity contribution >= 4 is 41.2 Å². The normalized spacial score (nSPS) is 14.6. The van der Waals surface area contributed by atoms with Gasteiger partial charge in [0.2, 0.25) is 0 Å². The van der Waals surface area contributed by atoms with Crippen molar-refractivity contribution in [1.29, 1.82) is 0 Å². The maximum Gasteiger partial charge on any atom is 0.335 e. The summed E-state index contributed by atoms with van der Waals surface area (Å²) in [5, 5.41) is 4.79. The third kappa shape index (κ3) is 5.47. The van der Waals surface area contributed by atoms with Crippen LogP contribution in [0.2, 0.25) is 0 Å². The van der Waals surface area contributed by atoms with E-state index < -0.39 is 29.6 Å². The fraction of sp³-hybridized carbons (Fsp3) is 0.111. The molecule has 0 aliphatic carbocycles. The van der Waals surface area contributed by atoms with E-state index in [0.717, 1.165) is 16.0 Å². The molecule has 2 N–H and O–H groups in total. The maximum absolute atomic E-state index is 13.0. The van der Waals surface area contributed by atoms with Gasteiger partial charge in [0.15, 0.2) is 6.61 Å². The Kier molecular flexibility index (Phi) is 6.91. The van der Waals surface area contributed by atoms with Gasteiger partial charge in [-0.05, 0) is 85.1 Å². The summed E-state index contributed by atoms with van der Waals surface area (Å²) in [4.78, 5) is 50.8. The molecule has 1 fully saturated rings. The van der Waals surface area contributed by atoms with Gasteiger partial charge in [0, 0.05) is 5.69 Å². The summed E-state index contributed by atoms with van der Waals surface area (Å²) < 4.78 is 18.4. The van der Waals surface area contributed by atoms with Gasteiger partial charge in [0.25, 0.3) is 17.7 Å². The highest BCUT2D eigenvalue weighted by molar-refractivity contribution is 6.39. The number of carbonyl (C=O) groups excluding carboxylic acids is 4. The van der Waals surface area contributed by atoms with E-state index in [4.69, 9.17) is 4.74 Å². The Balaban J connectivity index is 1.44. The molecule has 182 valence electrons. The van der Waals surface area contributed by atoms with Crippen LogP contribution >= 0.6 is 0 Å². The zero-order chi connectivity index (χ0) is 25.8. The summed E-state index contributed by atoms with van der Waals surface area (Å²) in [6, 6.07) is 16.1. The van der Waals surface area contributed by atoms with E-state index in [2.05, 4.69) is 10.6 Å². The molecule has 0 spiro atoms. The number of barbiturate groups is 1. The number of anilines is 2. The lowest BCUT2D eigenvalue weighted by molar-refractivity contribution is -0.122. The number of ether oxygens (including phenoxy) is 1. The summed E-state index contributed by atoms with van der Waals surface area (Å²) in [6.07, 6.45) is 1.38. The average molecular weight is 487 g/mol. The third-order valence-electron chi connectivity index (χ3n) is 5.54. The highest BCUT2D eigenvalue weighted by atomic mass is 19.1. The van der Waals surface area contributed by atoms with Crippen molar-refractivity contribution in [3.63, 3.8) is 0 Å². The standard InChI is InChI=1S/C27H22FN3O5/c1-16-3-10-21(13-17(16)2)31-26(34)23(25(33)30-27(31)35)14-18-4-11-22(12-5-18)36-15-24(32)29-20-8-6-19(28)7-9-20/h3-14H,15H2,1-2H3,(H,29,32)(H,30,33,35)/b23-14-. The van der Waals surface area contributed by atoms with E-state index >= 15 is 0 Å². The molecule has 3 aromatic rings. The first-order valence-electron chi connectivity index (χ1n) is 11.0. The number of halogens is 1. The van der Waals surface area contributed by atoms with E-state index in [0.29, 0.717) is 22.7 Å². The Morgan fingerprint density at radius 2 is 1.67 bits per heavy atom. The molecule has 0 bridgehead atoms. The average Bonchev–Trinajstić information content (AvgIpc) is 2.85. The zero-order valence-corrected chi connectivity index (χ0v) is 19.5. The van der Waals surface area contributed by atoms with Crippen LogP contribution in [0.1, 0.15) is 16.7 Å². The number of carbonyl (C=O) groups is 4. The highest BCUT2D eigenvalue weighted by Crippen LogP contribution is 2.24. The van der Waals surface area contributed by atoms with Crippen LogP contribution in [-0.2, 0) is 14.4 Å². The summed E-state index contributed by atoms with van der Waals surface area (Å²) >= 11 is 0. The van der Waals surface area contributed by atoms with Crippen molar-refractivity contribution in [2.75, 3.05) is 16.8 Å². The van der Waals surface area contributed by atoms with Crippen molar-refractivity contribution < 1.29 is 28.3 Å². The lowest BCUT2D eigenvalue weighted by atomic mass is 10.1. The number of imide groups is 2. The summed E-state index contributed by atoms with van der Waals surface area (Å²) in [6.45, 7) is 3.51. The molecule has 5 amide bonds. The minimum absolute atomic E-state index is 0.194. The quantitative estimate of drug-likeness (QED) is 0.402. The molecular weight excluding hydrogens is 465 g/mol. The van der Waals surface area contributed by atoms with Crippen LogP contribution in [0.25, 0.3) is 6.08 Å². The van der Waals surface area contributed by atoms with Gasteiger partial charge in [-0.25, -0.2) is 14.1 Å². The fourth-order valence-electron chi connectivity index (χ4n) is 3.46. The van der Waals surface area contributed by atoms with E-state index in [1.165, 1.54) is 30.3 Å². The van der Waals surface area contributed by atoms with Crippen LogP contribution in [0.15, 0.2) is 72.3 Å². The van der Waals surface area contributed by atoms with Gasteiger partial charge in [0.1, 0.15) is 17.1 Å². The fourth-order valence-corrected chi connectivity index (χ4v) is 3.46. The molecule has 1 saturated heterocycles. The van der Waals surface area contributed by atoms with E-state index in [-0.39, 0.29) is 12.2 Å². The number of nitrogens with one attached hydrogen (secondary N) is 2. The number of hydrogen-bond acceptors (Lipinski definition) is 5. The largest absolute Gasteiger partial charge is 0.484 e. The second kappa shape index (κ2) is 10.2. The van der Waals surface area contributed by atoms with Crippen molar-refractivity contribution in [2.45, 2.75) is 13.8 Å². The number of benzene rings is 3. The summed E-state index contributed by atoms with van der Waals surface area (Å²) in [5.41, 5.74) is 3.03. The first kappa shape index (κ1) is 24.3. The molecule has 8 nitrogen and oxygen atoms in total. The van der Waals surface area contributed by atoms with Crippen LogP contribution in [-0.4, -0.2) is 30.4 Å². The summed E-state index contributed by atoms with van der Waals surface area (Å²) in [7, 11) is 0. The number of nitrogens with zero attached hydrogens (tertiary/aromatic N) is 1. The van der Waals surface area contributed by atoms with Gasteiger partial charge in [-0.2, -0.15) is 0 Å². The van der Waals surface area contributed by atoms with E-state index in [1.54, 1.807) is 42.5 Å². The molecule has 3 aromatic carbocycles. The van der Waals surface area contributed by atoms with Crippen molar-refractivity contribution in [3.8, 4) is 5.75 Å².